The molecule has 0 aliphatic heterocycles. The maximum absolute atomic E-state index is 6.30. The van der Waals surface area contributed by atoms with Crippen molar-refractivity contribution >= 4 is 22.9 Å². The first kappa shape index (κ1) is 13.6. The average molecular weight is 280 g/mol. The Kier molecular flexibility index (Phi) is 5.24. The smallest absolute Gasteiger partial charge is 0.0453 e. The lowest BCUT2D eigenvalue weighted by Crippen LogP contribution is -2.24. The molecule has 0 bridgehead atoms. The van der Waals surface area contributed by atoms with E-state index in [1.54, 1.807) is 11.3 Å². The van der Waals surface area contributed by atoms with Crippen LogP contribution >= 0.6 is 22.9 Å². The van der Waals surface area contributed by atoms with E-state index < -0.39 is 0 Å². The van der Waals surface area contributed by atoms with Crippen LogP contribution in [0.5, 0.6) is 0 Å². The van der Waals surface area contributed by atoms with Gasteiger partial charge in [0.15, 0.2) is 0 Å². The molecule has 0 saturated heterocycles. The van der Waals surface area contributed by atoms with Gasteiger partial charge in [0, 0.05) is 22.4 Å². The molecule has 1 aromatic carbocycles. The number of rotatable bonds is 6. The van der Waals surface area contributed by atoms with E-state index in [-0.39, 0.29) is 0 Å². The van der Waals surface area contributed by atoms with Gasteiger partial charge in [0.2, 0.25) is 0 Å². The van der Waals surface area contributed by atoms with Gasteiger partial charge in [-0.2, -0.15) is 0 Å². The molecule has 0 aliphatic rings. The first-order valence-corrected chi connectivity index (χ1v) is 7.57. The van der Waals surface area contributed by atoms with Crippen molar-refractivity contribution in [2.24, 2.45) is 0 Å². The van der Waals surface area contributed by atoms with E-state index in [4.69, 9.17) is 11.6 Å². The van der Waals surface area contributed by atoms with Crippen LogP contribution in [0.2, 0.25) is 5.02 Å². The molecule has 1 N–H and O–H groups in total. The third-order valence-corrected chi connectivity index (χ3v) is 4.15. The third-order valence-electron chi connectivity index (χ3n) is 2.91. The summed E-state index contributed by atoms with van der Waals surface area (Å²) in [6, 6.07) is 12.7. The Hall–Kier alpha value is -0.830. The molecule has 0 spiro atoms. The second kappa shape index (κ2) is 6.93. The topological polar surface area (TPSA) is 12.0 Å². The Morgan fingerprint density at radius 1 is 1.22 bits per heavy atom. The fourth-order valence-corrected chi connectivity index (χ4v) is 3.02. The second-order valence-corrected chi connectivity index (χ2v) is 5.75. The van der Waals surface area contributed by atoms with Gasteiger partial charge in [-0.05, 0) is 36.0 Å². The standard InChI is InChI=1S/C15H18ClNS/c1-2-9-17-15(11-12-6-5-10-18-12)13-7-3-4-8-14(13)16/h3-8,10,15,17H,2,9,11H2,1H3. The molecule has 0 fully saturated rings. The monoisotopic (exact) mass is 279 g/mol. The van der Waals surface area contributed by atoms with Gasteiger partial charge in [-0.1, -0.05) is 42.8 Å². The van der Waals surface area contributed by atoms with Crippen molar-refractivity contribution in [2.45, 2.75) is 25.8 Å². The van der Waals surface area contributed by atoms with Crippen LogP contribution in [0.15, 0.2) is 41.8 Å². The number of nitrogens with one attached hydrogen (secondary N) is 1. The summed E-state index contributed by atoms with van der Waals surface area (Å²) < 4.78 is 0. The van der Waals surface area contributed by atoms with Crippen molar-refractivity contribution in [3.8, 4) is 0 Å². The van der Waals surface area contributed by atoms with E-state index >= 15 is 0 Å². The number of halogens is 1. The molecule has 18 heavy (non-hydrogen) atoms. The van der Waals surface area contributed by atoms with Gasteiger partial charge in [-0.25, -0.2) is 0 Å². The van der Waals surface area contributed by atoms with E-state index in [1.165, 1.54) is 10.4 Å². The Labute approximate surface area is 118 Å². The van der Waals surface area contributed by atoms with Gasteiger partial charge in [-0.3, -0.25) is 0 Å². The summed E-state index contributed by atoms with van der Waals surface area (Å²) >= 11 is 8.10. The molecule has 2 aromatic rings. The normalized spacial score (nSPS) is 12.6. The van der Waals surface area contributed by atoms with Crippen LogP contribution in [-0.4, -0.2) is 6.54 Å². The second-order valence-electron chi connectivity index (χ2n) is 4.31. The van der Waals surface area contributed by atoms with Crippen molar-refractivity contribution in [3.05, 3.63) is 57.2 Å². The van der Waals surface area contributed by atoms with Crippen molar-refractivity contribution in [3.63, 3.8) is 0 Å². The minimum absolute atomic E-state index is 0.303. The van der Waals surface area contributed by atoms with Crippen molar-refractivity contribution in [2.75, 3.05) is 6.54 Å². The molecule has 0 amide bonds. The Balaban J connectivity index is 2.16. The molecule has 0 aliphatic carbocycles. The molecule has 1 heterocycles. The minimum atomic E-state index is 0.303. The zero-order chi connectivity index (χ0) is 12.8. The molecule has 0 radical (unpaired) electrons. The number of hydrogen-bond acceptors (Lipinski definition) is 2. The first-order valence-electron chi connectivity index (χ1n) is 6.31. The molecular weight excluding hydrogens is 262 g/mol. The molecule has 1 nitrogen and oxygen atoms in total. The van der Waals surface area contributed by atoms with Crippen LogP contribution in [-0.2, 0) is 6.42 Å². The average Bonchev–Trinajstić information content (AvgIpc) is 2.88. The van der Waals surface area contributed by atoms with Crippen molar-refractivity contribution < 1.29 is 0 Å². The quantitative estimate of drug-likeness (QED) is 0.809. The van der Waals surface area contributed by atoms with E-state index in [0.717, 1.165) is 24.4 Å². The lowest BCUT2D eigenvalue weighted by molar-refractivity contribution is 0.532. The van der Waals surface area contributed by atoms with Crippen LogP contribution in [0.25, 0.3) is 0 Å². The third kappa shape index (κ3) is 3.58. The van der Waals surface area contributed by atoms with Gasteiger partial charge in [0.25, 0.3) is 0 Å². The number of thiophene rings is 1. The lowest BCUT2D eigenvalue weighted by Gasteiger charge is -2.19. The molecule has 1 aromatic heterocycles. The van der Waals surface area contributed by atoms with E-state index in [9.17, 15) is 0 Å². The summed E-state index contributed by atoms with van der Waals surface area (Å²) in [5, 5.41) is 6.56. The van der Waals surface area contributed by atoms with Gasteiger partial charge in [0.1, 0.15) is 0 Å². The largest absolute Gasteiger partial charge is 0.310 e. The van der Waals surface area contributed by atoms with E-state index in [2.05, 4.69) is 41.9 Å². The molecule has 96 valence electrons. The van der Waals surface area contributed by atoms with Crippen molar-refractivity contribution in [1.29, 1.82) is 0 Å². The highest BCUT2D eigenvalue weighted by Gasteiger charge is 2.14. The highest BCUT2D eigenvalue weighted by Crippen LogP contribution is 2.27. The van der Waals surface area contributed by atoms with Crippen LogP contribution in [0, 0.1) is 0 Å². The van der Waals surface area contributed by atoms with Crippen LogP contribution in [0.1, 0.15) is 29.8 Å². The molecule has 1 unspecified atom stereocenters. The Morgan fingerprint density at radius 3 is 2.72 bits per heavy atom. The van der Waals surface area contributed by atoms with Crippen LogP contribution < -0.4 is 5.32 Å². The molecule has 3 heteroatoms. The van der Waals surface area contributed by atoms with Crippen molar-refractivity contribution in [1.82, 2.24) is 5.32 Å². The van der Waals surface area contributed by atoms with E-state index in [1.807, 2.05) is 12.1 Å². The van der Waals surface area contributed by atoms with Gasteiger partial charge < -0.3 is 5.32 Å². The molecule has 2 rings (SSSR count). The van der Waals surface area contributed by atoms with Crippen LogP contribution in [0.4, 0.5) is 0 Å². The highest BCUT2D eigenvalue weighted by atomic mass is 35.5. The van der Waals surface area contributed by atoms with E-state index in [0.29, 0.717) is 6.04 Å². The Morgan fingerprint density at radius 2 is 2.06 bits per heavy atom. The summed E-state index contributed by atoms with van der Waals surface area (Å²) in [4.78, 5) is 1.39. The molecule has 1 atom stereocenters. The van der Waals surface area contributed by atoms with Crippen LogP contribution in [0.3, 0.4) is 0 Å². The van der Waals surface area contributed by atoms with Gasteiger partial charge in [0.05, 0.1) is 0 Å². The SMILES string of the molecule is CCCNC(Cc1cccs1)c1ccccc1Cl. The summed E-state index contributed by atoms with van der Waals surface area (Å²) in [5.74, 6) is 0. The maximum atomic E-state index is 6.30. The number of benzene rings is 1. The van der Waals surface area contributed by atoms with Gasteiger partial charge in [-0.15, -0.1) is 11.3 Å². The first-order chi connectivity index (χ1) is 8.81. The zero-order valence-corrected chi connectivity index (χ0v) is 12.1. The zero-order valence-electron chi connectivity index (χ0n) is 10.5. The van der Waals surface area contributed by atoms with Gasteiger partial charge >= 0.3 is 0 Å². The predicted molar refractivity (Wildman–Crippen MR) is 80.5 cm³/mol. The minimum Gasteiger partial charge on any atom is -0.310 e. The summed E-state index contributed by atoms with van der Waals surface area (Å²) in [7, 11) is 0. The maximum Gasteiger partial charge on any atom is 0.0453 e. The summed E-state index contributed by atoms with van der Waals surface area (Å²) in [6.07, 6.45) is 2.13. The molecular formula is C15H18ClNS. The fraction of sp³-hybridized carbons (Fsp3) is 0.333. The highest BCUT2D eigenvalue weighted by molar-refractivity contribution is 7.09. The summed E-state index contributed by atoms with van der Waals surface area (Å²) in [5.41, 5.74) is 1.20. The fourth-order valence-electron chi connectivity index (χ4n) is 2.00. The lowest BCUT2D eigenvalue weighted by atomic mass is 10.0. The predicted octanol–water partition coefficient (Wildman–Crippen LogP) is 4.68. The number of hydrogen-bond donors (Lipinski definition) is 1. The molecule has 0 saturated carbocycles. The summed E-state index contributed by atoms with van der Waals surface area (Å²) in [6.45, 7) is 3.20. The Bertz CT molecular complexity index is 467.